The third-order valence-electron chi connectivity index (χ3n) is 5.36. The number of nitrogens with one attached hydrogen (secondary N) is 1. The second-order valence-corrected chi connectivity index (χ2v) is 8.34. The van der Waals surface area contributed by atoms with Gasteiger partial charge in [-0.15, -0.1) is 11.3 Å². The molecule has 3 aromatic rings. The van der Waals surface area contributed by atoms with E-state index in [-0.39, 0.29) is 17.9 Å². The minimum absolute atomic E-state index is 0.118. The molecule has 1 amide bonds. The zero-order valence-corrected chi connectivity index (χ0v) is 18.4. The van der Waals surface area contributed by atoms with E-state index in [2.05, 4.69) is 15.4 Å². The highest BCUT2D eigenvalue weighted by atomic mass is 32.1. The monoisotopic (exact) mass is 463 g/mol. The summed E-state index contributed by atoms with van der Waals surface area (Å²) in [5, 5.41) is 8.92. The molecule has 0 unspecified atom stereocenters. The topological polar surface area (TPSA) is 104 Å². The lowest BCUT2D eigenvalue weighted by Crippen LogP contribution is -2.32. The number of thiazole rings is 1. The lowest BCUT2D eigenvalue weighted by molar-refractivity contribution is 0.0247. The summed E-state index contributed by atoms with van der Waals surface area (Å²) in [5.74, 6) is -0.565. The van der Waals surface area contributed by atoms with Gasteiger partial charge in [0.1, 0.15) is 34.5 Å². The van der Waals surface area contributed by atoms with Crippen LogP contribution in [0.1, 0.15) is 35.1 Å². The lowest BCUT2D eigenvalue weighted by Gasteiger charge is -2.17. The minimum Gasteiger partial charge on any atom is -0.497 e. The number of nitrogens with zero attached hydrogens (tertiary/aromatic N) is 3. The van der Waals surface area contributed by atoms with Crippen LogP contribution in [0.4, 0.5) is 14.5 Å². The molecule has 0 aliphatic carbocycles. The van der Waals surface area contributed by atoms with Gasteiger partial charge in [0, 0.05) is 30.1 Å². The van der Waals surface area contributed by atoms with Crippen LogP contribution in [0, 0.1) is 5.82 Å². The zero-order chi connectivity index (χ0) is 22.8. The largest absolute Gasteiger partial charge is 0.497 e. The number of alkyl halides is 1. The third-order valence-corrected chi connectivity index (χ3v) is 6.24. The van der Waals surface area contributed by atoms with Crippen molar-refractivity contribution in [3.8, 4) is 16.3 Å². The Morgan fingerprint density at radius 1 is 1.41 bits per heavy atom. The molecule has 170 valence electrons. The normalized spacial score (nSPS) is 21.2. The SMILES string of the molecule is COc1ccc(-c2nc(C(=O)Nc3cnn(C)c3[C@@H]3CC[C@@H](N)[C@@H](F)CO3)cs2)c(F)c1. The van der Waals surface area contributed by atoms with Gasteiger partial charge in [-0.1, -0.05) is 0 Å². The van der Waals surface area contributed by atoms with E-state index in [1.54, 1.807) is 29.2 Å². The number of hydrogen-bond acceptors (Lipinski definition) is 7. The molecule has 3 N–H and O–H groups in total. The average Bonchev–Trinajstić information content (AvgIpc) is 3.37. The Labute approximate surface area is 187 Å². The van der Waals surface area contributed by atoms with Crippen molar-refractivity contribution in [1.82, 2.24) is 14.8 Å². The Bertz CT molecular complexity index is 1110. The summed E-state index contributed by atoms with van der Waals surface area (Å²) in [6.45, 7) is -0.118. The highest BCUT2D eigenvalue weighted by molar-refractivity contribution is 7.13. The number of carbonyl (C=O) groups is 1. The number of amides is 1. The van der Waals surface area contributed by atoms with Crippen molar-refractivity contribution in [2.75, 3.05) is 19.0 Å². The fourth-order valence-corrected chi connectivity index (χ4v) is 4.39. The first-order valence-corrected chi connectivity index (χ1v) is 10.9. The molecule has 1 aliphatic heterocycles. The standard InChI is InChI=1S/C21H23F2N5O3S/c1-28-19(18-6-5-15(24)14(23)9-31-18)16(8-25-28)26-20(29)17-10-32-21(27-17)12-4-3-11(30-2)7-13(12)22/h3-4,7-8,10,14-15,18H,5-6,9,24H2,1-2H3,(H,26,29)/t14-,15+,18-/m0/s1. The molecule has 1 saturated heterocycles. The molecule has 4 rings (SSSR count). The lowest BCUT2D eigenvalue weighted by atomic mass is 10.0. The molecule has 8 nitrogen and oxygen atoms in total. The molecule has 3 heterocycles. The molecule has 3 atom stereocenters. The minimum atomic E-state index is -1.24. The summed E-state index contributed by atoms with van der Waals surface area (Å²) in [6.07, 6.45) is 0.765. The summed E-state index contributed by atoms with van der Waals surface area (Å²) in [5.41, 5.74) is 7.30. The highest BCUT2D eigenvalue weighted by Gasteiger charge is 2.30. The highest BCUT2D eigenvalue weighted by Crippen LogP contribution is 2.33. The Morgan fingerprint density at radius 3 is 2.97 bits per heavy atom. The van der Waals surface area contributed by atoms with Gasteiger partial charge in [0.25, 0.3) is 5.91 Å². The average molecular weight is 464 g/mol. The molecule has 0 bridgehead atoms. The number of aryl methyl sites for hydroxylation is 1. The van der Waals surface area contributed by atoms with E-state index in [1.807, 2.05) is 0 Å². The fourth-order valence-electron chi connectivity index (χ4n) is 3.56. The molecule has 32 heavy (non-hydrogen) atoms. The van der Waals surface area contributed by atoms with Crippen molar-refractivity contribution in [3.63, 3.8) is 0 Å². The number of benzene rings is 1. The van der Waals surface area contributed by atoms with Gasteiger partial charge in [-0.05, 0) is 25.0 Å². The van der Waals surface area contributed by atoms with Crippen molar-refractivity contribution < 1.29 is 23.0 Å². The first-order valence-electron chi connectivity index (χ1n) is 10.0. The Morgan fingerprint density at radius 2 is 2.22 bits per heavy atom. The number of carbonyl (C=O) groups excluding carboxylic acids is 1. The van der Waals surface area contributed by atoms with Crippen molar-refractivity contribution in [2.45, 2.75) is 31.2 Å². The summed E-state index contributed by atoms with van der Waals surface area (Å²) < 4.78 is 40.6. The molecule has 1 aliphatic rings. The molecule has 0 radical (unpaired) electrons. The summed E-state index contributed by atoms with van der Waals surface area (Å²) in [7, 11) is 3.18. The second kappa shape index (κ2) is 9.31. The van der Waals surface area contributed by atoms with Crippen LogP contribution in [0.2, 0.25) is 0 Å². The van der Waals surface area contributed by atoms with E-state index < -0.39 is 30.0 Å². The summed E-state index contributed by atoms with van der Waals surface area (Å²) >= 11 is 1.16. The maximum Gasteiger partial charge on any atom is 0.275 e. The molecular weight excluding hydrogens is 440 g/mol. The van der Waals surface area contributed by atoms with Crippen LogP contribution in [0.3, 0.4) is 0 Å². The molecular formula is C21H23F2N5O3S. The number of hydrogen-bond donors (Lipinski definition) is 2. The van der Waals surface area contributed by atoms with Gasteiger partial charge in [-0.2, -0.15) is 5.10 Å². The molecule has 2 aromatic heterocycles. The third kappa shape index (κ3) is 4.50. The number of aromatic nitrogens is 3. The number of halogens is 2. The predicted octanol–water partition coefficient (Wildman–Crippen LogP) is 3.46. The van der Waals surface area contributed by atoms with Gasteiger partial charge in [0.05, 0.1) is 31.3 Å². The van der Waals surface area contributed by atoms with E-state index in [0.717, 1.165) is 11.3 Å². The van der Waals surface area contributed by atoms with Crippen molar-refractivity contribution in [2.24, 2.45) is 12.8 Å². The van der Waals surface area contributed by atoms with Crippen LogP contribution in [-0.2, 0) is 11.8 Å². The van der Waals surface area contributed by atoms with E-state index in [0.29, 0.717) is 35.0 Å². The first kappa shape index (κ1) is 22.3. The van der Waals surface area contributed by atoms with Crippen molar-refractivity contribution in [1.29, 1.82) is 0 Å². The maximum atomic E-state index is 14.4. The summed E-state index contributed by atoms with van der Waals surface area (Å²) in [6, 6.07) is 3.86. The van der Waals surface area contributed by atoms with Crippen LogP contribution in [0.25, 0.3) is 10.6 Å². The zero-order valence-electron chi connectivity index (χ0n) is 17.5. The van der Waals surface area contributed by atoms with Crippen molar-refractivity contribution in [3.05, 3.63) is 47.0 Å². The number of methoxy groups -OCH3 is 1. The van der Waals surface area contributed by atoms with E-state index in [1.165, 1.54) is 19.4 Å². The quantitative estimate of drug-likeness (QED) is 0.601. The Kier molecular flexibility index (Phi) is 6.49. The molecule has 0 saturated carbocycles. The number of anilines is 1. The van der Waals surface area contributed by atoms with Gasteiger partial charge in [0.15, 0.2) is 0 Å². The molecule has 11 heteroatoms. The van der Waals surface area contributed by atoms with Gasteiger partial charge in [0.2, 0.25) is 0 Å². The van der Waals surface area contributed by atoms with Crippen LogP contribution < -0.4 is 15.8 Å². The van der Waals surface area contributed by atoms with E-state index in [9.17, 15) is 13.6 Å². The van der Waals surface area contributed by atoms with Crippen LogP contribution >= 0.6 is 11.3 Å². The van der Waals surface area contributed by atoms with E-state index in [4.69, 9.17) is 15.2 Å². The van der Waals surface area contributed by atoms with Crippen molar-refractivity contribution >= 4 is 22.9 Å². The van der Waals surface area contributed by atoms with E-state index >= 15 is 0 Å². The fraction of sp³-hybridized carbons (Fsp3) is 0.381. The molecule has 1 aromatic carbocycles. The first-order chi connectivity index (χ1) is 15.4. The van der Waals surface area contributed by atoms with Crippen LogP contribution in [0.15, 0.2) is 29.8 Å². The molecule has 0 spiro atoms. The van der Waals surface area contributed by atoms with Gasteiger partial charge in [-0.25, -0.2) is 13.8 Å². The summed E-state index contributed by atoms with van der Waals surface area (Å²) in [4.78, 5) is 17.1. The second-order valence-electron chi connectivity index (χ2n) is 7.48. The number of nitrogens with two attached hydrogens (primary N) is 1. The molecule has 1 fully saturated rings. The van der Waals surface area contributed by atoms with Gasteiger partial charge < -0.3 is 20.5 Å². The number of ether oxygens (including phenoxy) is 2. The smallest absolute Gasteiger partial charge is 0.275 e. The van der Waals surface area contributed by atoms with Gasteiger partial charge >= 0.3 is 0 Å². The Hall–Kier alpha value is -2.89. The van der Waals surface area contributed by atoms with Gasteiger partial charge in [-0.3, -0.25) is 9.48 Å². The predicted molar refractivity (Wildman–Crippen MR) is 116 cm³/mol. The number of rotatable bonds is 5. The van der Waals surface area contributed by atoms with Crippen LogP contribution in [0.5, 0.6) is 5.75 Å². The van der Waals surface area contributed by atoms with Crippen LogP contribution in [-0.4, -0.2) is 46.6 Å². The Balaban J connectivity index is 1.52. The maximum absolute atomic E-state index is 14.4.